The number of hydrogen-bond acceptors (Lipinski definition) is 4. The van der Waals surface area contributed by atoms with Crippen molar-refractivity contribution in [2.24, 2.45) is 5.92 Å². The minimum Gasteiger partial charge on any atom is -0.392 e. The summed E-state index contributed by atoms with van der Waals surface area (Å²) in [6.45, 7) is 2.91. The fraction of sp³-hybridized carbons (Fsp3) is 0.552. The fourth-order valence-electron chi connectivity index (χ4n) is 6.50. The molecular formula is C29H33F5N2O3. The van der Waals surface area contributed by atoms with Gasteiger partial charge >= 0.3 is 6.18 Å². The first-order valence-corrected chi connectivity index (χ1v) is 13.4. The second-order valence-corrected chi connectivity index (χ2v) is 11.1. The maximum absolute atomic E-state index is 13.8. The van der Waals surface area contributed by atoms with Gasteiger partial charge in [0.15, 0.2) is 0 Å². The van der Waals surface area contributed by atoms with Crippen LogP contribution in [0, 0.1) is 11.7 Å². The summed E-state index contributed by atoms with van der Waals surface area (Å²) in [5.74, 6) is -0.637. The van der Waals surface area contributed by atoms with Gasteiger partial charge in [0.1, 0.15) is 12.5 Å². The van der Waals surface area contributed by atoms with Crippen molar-refractivity contribution in [3.05, 3.63) is 70.5 Å². The number of piperidine rings is 1. The molecule has 3 heterocycles. The molecule has 0 aliphatic carbocycles. The van der Waals surface area contributed by atoms with Gasteiger partial charge in [-0.2, -0.15) is 13.2 Å². The van der Waals surface area contributed by atoms with Crippen LogP contribution >= 0.6 is 0 Å². The van der Waals surface area contributed by atoms with Crippen molar-refractivity contribution in [1.29, 1.82) is 0 Å². The van der Waals surface area contributed by atoms with E-state index < -0.39 is 36.4 Å². The summed E-state index contributed by atoms with van der Waals surface area (Å²) in [7, 11) is 0. The molecule has 6 atom stereocenters. The molecule has 5 rings (SSSR count). The normalized spacial score (nSPS) is 28.6. The summed E-state index contributed by atoms with van der Waals surface area (Å²) in [5, 5.41) is 9.90. The Labute approximate surface area is 224 Å². The van der Waals surface area contributed by atoms with E-state index in [1.807, 2.05) is 0 Å². The molecule has 39 heavy (non-hydrogen) atoms. The van der Waals surface area contributed by atoms with E-state index in [4.69, 9.17) is 4.74 Å². The molecule has 0 bridgehead atoms. The molecule has 3 saturated heterocycles. The lowest BCUT2D eigenvalue weighted by Crippen LogP contribution is -2.46. The van der Waals surface area contributed by atoms with Crippen LogP contribution in [0.1, 0.15) is 60.5 Å². The standard InChI is InChI=1S/C29H33F5N2O3/c1-17(21-8-18(13-30)9-22(12-21)29(32,33)34)39-26-16-36-25(28(26)20-2-4-23(31)5-3-20)10-19(11-27(36)38)14-35-7-6-24(37)15-35/h2-5,8-9,12,17,19,24-26,28,37H,6-7,10-11,13-16H2,1H3/t17-,19?,24-,25+,26+,28+/m1/s1. The molecule has 0 spiro atoms. The van der Waals surface area contributed by atoms with E-state index in [2.05, 4.69) is 4.90 Å². The Morgan fingerprint density at radius 2 is 1.87 bits per heavy atom. The number of fused-ring (bicyclic) bond motifs is 1. The smallest absolute Gasteiger partial charge is 0.392 e. The lowest BCUT2D eigenvalue weighted by atomic mass is 9.81. The zero-order valence-electron chi connectivity index (χ0n) is 21.7. The topological polar surface area (TPSA) is 53.0 Å². The number of carbonyl (C=O) groups is 1. The van der Waals surface area contributed by atoms with Crippen LogP contribution in [0.4, 0.5) is 22.0 Å². The minimum atomic E-state index is -4.63. The quantitative estimate of drug-likeness (QED) is 0.478. The van der Waals surface area contributed by atoms with Crippen LogP contribution in [0.3, 0.4) is 0 Å². The van der Waals surface area contributed by atoms with Crippen molar-refractivity contribution in [2.45, 2.75) is 69.3 Å². The van der Waals surface area contributed by atoms with Gasteiger partial charge in [0.05, 0.1) is 23.9 Å². The first kappa shape index (κ1) is 28.0. The number of benzene rings is 2. The van der Waals surface area contributed by atoms with Crippen LogP contribution in [0.2, 0.25) is 0 Å². The summed E-state index contributed by atoms with van der Waals surface area (Å²) in [4.78, 5) is 17.2. The lowest BCUT2D eigenvalue weighted by molar-refractivity contribution is -0.138. The largest absolute Gasteiger partial charge is 0.416 e. The molecule has 3 aliphatic rings. The molecule has 10 heteroatoms. The Balaban J connectivity index is 1.41. The molecule has 1 unspecified atom stereocenters. The molecule has 0 radical (unpaired) electrons. The van der Waals surface area contributed by atoms with Crippen LogP contribution in [0.25, 0.3) is 0 Å². The zero-order valence-corrected chi connectivity index (χ0v) is 21.7. The van der Waals surface area contributed by atoms with Gasteiger partial charge in [0, 0.05) is 44.6 Å². The number of aliphatic hydroxyl groups is 1. The predicted octanol–water partition coefficient (Wildman–Crippen LogP) is 5.23. The van der Waals surface area contributed by atoms with Crippen molar-refractivity contribution >= 4 is 5.91 Å². The van der Waals surface area contributed by atoms with Gasteiger partial charge in [-0.1, -0.05) is 18.2 Å². The highest BCUT2D eigenvalue weighted by molar-refractivity contribution is 5.78. The Morgan fingerprint density at radius 1 is 1.13 bits per heavy atom. The predicted molar refractivity (Wildman–Crippen MR) is 134 cm³/mol. The summed E-state index contributed by atoms with van der Waals surface area (Å²) >= 11 is 0. The number of nitrogens with zero attached hydrogens (tertiary/aromatic N) is 2. The number of rotatable bonds is 7. The van der Waals surface area contributed by atoms with Gasteiger partial charge in [-0.25, -0.2) is 8.78 Å². The molecule has 5 nitrogen and oxygen atoms in total. The molecule has 212 valence electrons. The summed E-state index contributed by atoms with van der Waals surface area (Å²) in [6, 6.07) is 8.98. The zero-order chi connectivity index (χ0) is 27.9. The van der Waals surface area contributed by atoms with Crippen molar-refractivity contribution in [3.8, 4) is 0 Å². The minimum absolute atomic E-state index is 0.0133. The molecule has 2 aromatic carbocycles. The van der Waals surface area contributed by atoms with E-state index in [9.17, 15) is 31.9 Å². The Bertz CT molecular complexity index is 1170. The van der Waals surface area contributed by atoms with Gasteiger partial charge in [0.25, 0.3) is 0 Å². The van der Waals surface area contributed by atoms with E-state index >= 15 is 0 Å². The number of ether oxygens (including phenoxy) is 1. The fourth-order valence-corrected chi connectivity index (χ4v) is 6.50. The number of amides is 1. The van der Waals surface area contributed by atoms with Gasteiger partial charge in [-0.15, -0.1) is 0 Å². The molecular weight excluding hydrogens is 519 g/mol. The van der Waals surface area contributed by atoms with Crippen molar-refractivity contribution < 1.29 is 36.6 Å². The number of hydrogen-bond donors (Lipinski definition) is 1. The Hall–Kier alpha value is -2.56. The molecule has 3 aliphatic heterocycles. The average Bonchev–Trinajstić information content (AvgIpc) is 3.46. The average molecular weight is 553 g/mol. The monoisotopic (exact) mass is 552 g/mol. The van der Waals surface area contributed by atoms with Crippen LogP contribution < -0.4 is 0 Å². The highest BCUT2D eigenvalue weighted by Gasteiger charge is 2.49. The van der Waals surface area contributed by atoms with E-state index in [-0.39, 0.29) is 47.6 Å². The van der Waals surface area contributed by atoms with Gasteiger partial charge in [0.2, 0.25) is 5.91 Å². The maximum atomic E-state index is 13.8. The molecule has 2 aromatic rings. The molecule has 1 amide bonds. The third-order valence-electron chi connectivity index (χ3n) is 8.31. The SMILES string of the molecule is C[C@@H](O[C@H]1CN2C(=O)CC(CN3CC[C@@H](O)C3)C[C@H]2[C@@H]1c1ccc(F)cc1)c1cc(CF)cc(C(F)(F)F)c1. The molecule has 1 N–H and O–H groups in total. The molecule has 0 saturated carbocycles. The number of likely N-dealkylation sites (tertiary alicyclic amines) is 1. The second-order valence-electron chi connectivity index (χ2n) is 11.1. The van der Waals surface area contributed by atoms with E-state index in [0.717, 1.165) is 24.2 Å². The number of halogens is 5. The Morgan fingerprint density at radius 3 is 2.51 bits per heavy atom. The first-order valence-electron chi connectivity index (χ1n) is 13.4. The van der Waals surface area contributed by atoms with Gasteiger partial charge in [-0.05, 0) is 66.6 Å². The molecule has 3 fully saturated rings. The lowest BCUT2D eigenvalue weighted by Gasteiger charge is -2.38. The van der Waals surface area contributed by atoms with Gasteiger partial charge in [-0.3, -0.25) is 4.79 Å². The van der Waals surface area contributed by atoms with Crippen LogP contribution in [0.15, 0.2) is 42.5 Å². The highest BCUT2D eigenvalue weighted by Crippen LogP contribution is 2.44. The summed E-state index contributed by atoms with van der Waals surface area (Å²) in [5.41, 5.74) is -0.0250. The van der Waals surface area contributed by atoms with E-state index in [1.54, 1.807) is 24.0 Å². The van der Waals surface area contributed by atoms with Crippen molar-refractivity contribution in [1.82, 2.24) is 9.80 Å². The Kier molecular flexibility index (Phi) is 7.99. The summed E-state index contributed by atoms with van der Waals surface area (Å²) in [6.07, 6.45) is -4.55. The van der Waals surface area contributed by atoms with Crippen LogP contribution in [-0.2, 0) is 22.4 Å². The van der Waals surface area contributed by atoms with Crippen molar-refractivity contribution in [2.75, 3.05) is 26.2 Å². The van der Waals surface area contributed by atoms with E-state index in [1.165, 1.54) is 18.2 Å². The van der Waals surface area contributed by atoms with Gasteiger partial charge < -0.3 is 19.6 Å². The van der Waals surface area contributed by atoms with Crippen LogP contribution in [-0.4, -0.2) is 65.2 Å². The number of carbonyl (C=O) groups excluding carboxylic acids is 1. The third-order valence-corrected chi connectivity index (χ3v) is 8.31. The maximum Gasteiger partial charge on any atom is 0.416 e. The van der Waals surface area contributed by atoms with Crippen LogP contribution in [0.5, 0.6) is 0 Å². The number of alkyl halides is 4. The number of aliphatic hydroxyl groups excluding tert-OH is 1. The first-order chi connectivity index (χ1) is 18.5. The van der Waals surface area contributed by atoms with E-state index in [0.29, 0.717) is 32.4 Å². The summed E-state index contributed by atoms with van der Waals surface area (Å²) < 4.78 is 73.9. The highest BCUT2D eigenvalue weighted by atomic mass is 19.4. The second kappa shape index (κ2) is 11.1. The molecule has 0 aromatic heterocycles. The third kappa shape index (κ3) is 6.12. The number of β-amino-alcohol motifs (C(OH)–C–C–N with tert-alkyl or cyclic N) is 1. The van der Waals surface area contributed by atoms with Crippen molar-refractivity contribution in [3.63, 3.8) is 0 Å².